The Labute approximate surface area is 113 Å². The van der Waals surface area contributed by atoms with E-state index in [0.29, 0.717) is 13.2 Å². The number of ether oxygens (including phenoxy) is 1. The van der Waals surface area contributed by atoms with Crippen LogP contribution in [0.2, 0.25) is 0 Å². The molecule has 1 aromatic rings. The fraction of sp³-hybridized carbons (Fsp3) is 0.400. The standard InChI is InChI=1S/C15H18N2O2/c16-9-1-3-12-5-7-14(8-6-12)17-15(18)13-4-2-10-19-11-13/h5-8,13H,2,4,9-11,16H2,(H,17,18). The summed E-state index contributed by atoms with van der Waals surface area (Å²) in [4.78, 5) is 12.0. The lowest BCUT2D eigenvalue weighted by Gasteiger charge is -2.21. The average molecular weight is 258 g/mol. The summed E-state index contributed by atoms with van der Waals surface area (Å²) in [5.74, 6) is 5.72. The van der Waals surface area contributed by atoms with Gasteiger partial charge in [-0.2, -0.15) is 0 Å². The van der Waals surface area contributed by atoms with Gasteiger partial charge in [0.25, 0.3) is 0 Å². The van der Waals surface area contributed by atoms with Crippen molar-refractivity contribution in [3.8, 4) is 11.8 Å². The Morgan fingerprint density at radius 1 is 1.42 bits per heavy atom. The van der Waals surface area contributed by atoms with Gasteiger partial charge in [-0.1, -0.05) is 11.8 Å². The predicted molar refractivity (Wildman–Crippen MR) is 74.5 cm³/mol. The van der Waals surface area contributed by atoms with E-state index in [1.807, 2.05) is 24.3 Å². The van der Waals surface area contributed by atoms with Gasteiger partial charge in [-0.15, -0.1) is 0 Å². The molecule has 1 fully saturated rings. The van der Waals surface area contributed by atoms with Crippen LogP contribution in [-0.4, -0.2) is 25.7 Å². The average Bonchev–Trinajstić information content (AvgIpc) is 2.47. The summed E-state index contributed by atoms with van der Waals surface area (Å²) in [6.07, 6.45) is 1.84. The smallest absolute Gasteiger partial charge is 0.229 e. The van der Waals surface area contributed by atoms with Crippen LogP contribution >= 0.6 is 0 Å². The third-order valence-electron chi connectivity index (χ3n) is 3.02. The minimum absolute atomic E-state index is 0.0282. The van der Waals surface area contributed by atoms with Crippen LogP contribution in [0.1, 0.15) is 18.4 Å². The van der Waals surface area contributed by atoms with Gasteiger partial charge in [0.15, 0.2) is 0 Å². The lowest BCUT2D eigenvalue weighted by molar-refractivity contribution is -0.123. The molecule has 1 aromatic carbocycles. The molecular formula is C15H18N2O2. The third kappa shape index (κ3) is 4.09. The zero-order chi connectivity index (χ0) is 13.5. The molecule has 0 radical (unpaired) electrons. The molecule has 1 aliphatic rings. The lowest BCUT2D eigenvalue weighted by Crippen LogP contribution is -2.30. The molecule has 1 aliphatic heterocycles. The Morgan fingerprint density at radius 3 is 2.84 bits per heavy atom. The van der Waals surface area contributed by atoms with E-state index in [4.69, 9.17) is 10.5 Å². The van der Waals surface area contributed by atoms with Gasteiger partial charge in [0.1, 0.15) is 0 Å². The SMILES string of the molecule is NCC#Cc1ccc(NC(=O)C2CCCOC2)cc1. The number of carbonyl (C=O) groups excluding carboxylic acids is 1. The number of nitrogens with two attached hydrogens (primary N) is 1. The molecule has 0 aromatic heterocycles. The molecule has 3 N–H and O–H groups in total. The molecule has 0 bridgehead atoms. The van der Waals surface area contributed by atoms with Crippen LogP contribution in [0.4, 0.5) is 5.69 Å². The molecule has 4 nitrogen and oxygen atoms in total. The highest BCUT2D eigenvalue weighted by molar-refractivity contribution is 5.92. The number of anilines is 1. The Kier molecular flexibility index (Phi) is 4.96. The van der Waals surface area contributed by atoms with E-state index in [1.165, 1.54) is 0 Å². The summed E-state index contributed by atoms with van der Waals surface area (Å²) in [6.45, 7) is 1.63. The molecule has 0 saturated carbocycles. The van der Waals surface area contributed by atoms with Crippen LogP contribution in [0.25, 0.3) is 0 Å². The second-order valence-electron chi connectivity index (χ2n) is 4.49. The highest BCUT2D eigenvalue weighted by Crippen LogP contribution is 2.16. The van der Waals surface area contributed by atoms with Gasteiger partial charge in [-0.3, -0.25) is 4.79 Å². The topological polar surface area (TPSA) is 64.3 Å². The van der Waals surface area contributed by atoms with Gasteiger partial charge in [-0.25, -0.2) is 0 Å². The highest BCUT2D eigenvalue weighted by atomic mass is 16.5. The van der Waals surface area contributed by atoms with Crippen molar-refractivity contribution in [2.24, 2.45) is 11.7 Å². The molecule has 4 heteroatoms. The van der Waals surface area contributed by atoms with Gasteiger partial charge in [0.05, 0.1) is 19.1 Å². The highest BCUT2D eigenvalue weighted by Gasteiger charge is 2.21. The van der Waals surface area contributed by atoms with Gasteiger partial charge in [0, 0.05) is 17.9 Å². The van der Waals surface area contributed by atoms with Crippen molar-refractivity contribution in [2.45, 2.75) is 12.8 Å². The first kappa shape index (κ1) is 13.6. The molecule has 100 valence electrons. The largest absolute Gasteiger partial charge is 0.381 e. The van der Waals surface area contributed by atoms with Crippen LogP contribution in [0.3, 0.4) is 0 Å². The summed E-state index contributed by atoms with van der Waals surface area (Å²) in [7, 11) is 0. The van der Waals surface area contributed by atoms with E-state index >= 15 is 0 Å². The first-order valence-electron chi connectivity index (χ1n) is 6.47. The number of rotatable bonds is 2. The van der Waals surface area contributed by atoms with Crippen molar-refractivity contribution in [3.63, 3.8) is 0 Å². The molecule has 0 spiro atoms. The number of nitrogens with one attached hydrogen (secondary N) is 1. The van der Waals surface area contributed by atoms with Crippen molar-refractivity contribution in [1.82, 2.24) is 0 Å². The quantitative estimate of drug-likeness (QED) is 0.787. The number of hydrogen-bond donors (Lipinski definition) is 2. The summed E-state index contributed by atoms with van der Waals surface area (Å²) >= 11 is 0. The van der Waals surface area contributed by atoms with Crippen molar-refractivity contribution in [3.05, 3.63) is 29.8 Å². The van der Waals surface area contributed by atoms with E-state index < -0.39 is 0 Å². The molecule has 1 atom stereocenters. The van der Waals surface area contributed by atoms with Gasteiger partial charge < -0.3 is 15.8 Å². The fourth-order valence-electron chi connectivity index (χ4n) is 1.98. The third-order valence-corrected chi connectivity index (χ3v) is 3.02. The Morgan fingerprint density at radius 2 is 2.21 bits per heavy atom. The maximum atomic E-state index is 12.0. The summed E-state index contributed by atoms with van der Waals surface area (Å²) in [5.41, 5.74) is 6.99. The van der Waals surface area contributed by atoms with Crippen molar-refractivity contribution < 1.29 is 9.53 Å². The Balaban J connectivity index is 1.93. The van der Waals surface area contributed by atoms with E-state index in [2.05, 4.69) is 17.2 Å². The minimum Gasteiger partial charge on any atom is -0.381 e. The molecule has 1 amide bonds. The molecule has 2 rings (SSSR count). The van der Waals surface area contributed by atoms with Gasteiger partial charge >= 0.3 is 0 Å². The van der Waals surface area contributed by atoms with Crippen LogP contribution in [0, 0.1) is 17.8 Å². The molecule has 1 heterocycles. The molecule has 1 saturated heterocycles. The Bertz CT molecular complexity index is 479. The molecule has 19 heavy (non-hydrogen) atoms. The van der Waals surface area contributed by atoms with E-state index in [0.717, 1.165) is 30.7 Å². The molecular weight excluding hydrogens is 240 g/mol. The van der Waals surface area contributed by atoms with E-state index in [-0.39, 0.29) is 11.8 Å². The van der Waals surface area contributed by atoms with E-state index in [9.17, 15) is 4.79 Å². The van der Waals surface area contributed by atoms with Gasteiger partial charge in [-0.05, 0) is 37.1 Å². The summed E-state index contributed by atoms with van der Waals surface area (Å²) < 4.78 is 5.31. The number of carbonyl (C=O) groups is 1. The maximum Gasteiger partial charge on any atom is 0.229 e. The number of benzene rings is 1. The molecule has 1 unspecified atom stereocenters. The normalized spacial score (nSPS) is 18.3. The van der Waals surface area contributed by atoms with Crippen LogP contribution in [0.15, 0.2) is 24.3 Å². The first-order valence-corrected chi connectivity index (χ1v) is 6.47. The molecule has 0 aliphatic carbocycles. The fourth-order valence-corrected chi connectivity index (χ4v) is 1.98. The zero-order valence-corrected chi connectivity index (χ0v) is 10.8. The van der Waals surface area contributed by atoms with Crippen LogP contribution in [-0.2, 0) is 9.53 Å². The van der Waals surface area contributed by atoms with Crippen molar-refractivity contribution >= 4 is 11.6 Å². The van der Waals surface area contributed by atoms with E-state index in [1.54, 1.807) is 0 Å². The Hall–Kier alpha value is -1.83. The first-order chi connectivity index (χ1) is 9.29. The second-order valence-corrected chi connectivity index (χ2v) is 4.49. The maximum absolute atomic E-state index is 12.0. The van der Waals surface area contributed by atoms with Crippen LogP contribution in [0.5, 0.6) is 0 Å². The number of amides is 1. The van der Waals surface area contributed by atoms with Crippen molar-refractivity contribution in [2.75, 3.05) is 25.1 Å². The minimum atomic E-state index is -0.0366. The zero-order valence-electron chi connectivity index (χ0n) is 10.8. The van der Waals surface area contributed by atoms with Gasteiger partial charge in [0.2, 0.25) is 5.91 Å². The second kappa shape index (κ2) is 6.93. The van der Waals surface area contributed by atoms with Crippen LogP contribution < -0.4 is 11.1 Å². The summed E-state index contributed by atoms with van der Waals surface area (Å²) in [5, 5.41) is 2.90. The lowest BCUT2D eigenvalue weighted by atomic mass is 10.0. The predicted octanol–water partition coefficient (Wildman–Crippen LogP) is 1.36. The number of hydrogen-bond acceptors (Lipinski definition) is 3. The monoisotopic (exact) mass is 258 g/mol. The van der Waals surface area contributed by atoms with Crippen molar-refractivity contribution in [1.29, 1.82) is 0 Å². The summed E-state index contributed by atoms with van der Waals surface area (Å²) in [6, 6.07) is 7.44.